The average Bonchev–Trinajstić information content (AvgIpc) is 2.48. The Morgan fingerprint density at radius 1 is 1.69 bits per heavy atom. The van der Waals surface area contributed by atoms with Gasteiger partial charge in [0, 0.05) is 24.8 Å². The summed E-state index contributed by atoms with van der Waals surface area (Å²) in [6.07, 6.45) is 1.78. The van der Waals surface area contributed by atoms with Crippen LogP contribution in [0.15, 0.2) is 0 Å². The monoisotopic (exact) mass is 248 g/mol. The fourth-order valence-electron chi connectivity index (χ4n) is 1.62. The lowest BCUT2D eigenvalue weighted by Crippen LogP contribution is -2.28. The van der Waals surface area contributed by atoms with Crippen LogP contribution in [0.1, 0.15) is 12.8 Å². The molecule has 0 aromatic carbocycles. The quantitative estimate of drug-likeness (QED) is 0.578. The van der Waals surface area contributed by atoms with Crippen LogP contribution in [-0.2, 0) is 4.79 Å². The van der Waals surface area contributed by atoms with Crippen molar-refractivity contribution in [2.75, 3.05) is 32.0 Å². The van der Waals surface area contributed by atoms with E-state index in [1.165, 1.54) is 0 Å². The molecule has 1 saturated heterocycles. The molecule has 1 fully saturated rings. The van der Waals surface area contributed by atoms with E-state index in [-0.39, 0.29) is 0 Å². The molecule has 0 bridgehead atoms. The van der Waals surface area contributed by atoms with Gasteiger partial charge < -0.3 is 10.2 Å². The van der Waals surface area contributed by atoms with Gasteiger partial charge in [-0.25, -0.2) is 0 Å². The van der Waals surface area contributed by atoms with E-state index in [9.17, 15) is 4.79 Å². The number of carbonyl (C=O) groups is 1. The van der Waals surface area contributed by atoms with Gasteiger partial charge in [-0.2, -0.15) is 0 Å². The molecule has 1 atom stereocenters. The fourth-order valence-corrected chi connectivity index (χ4v) is 2.05. The van der Waals surface area contributed by atoms with E-state index in [0.29, 0.717) is 11.8 Å². The molecule has 3 nitrogen and oxygen atoms in total. The van der Waals surface area contributed by atoms with Gasteiger partial charge in [-0.05, 0) is 25.9 Å². The van der Waals surface area contributed by atoms with E-state index in [1.54, 1.807) is 0 Å². The van der Waals surface area contributed by atoms with Crippen LogP contribution in [0.2, 0.25) is 0 Å². The topological polar surface area (TPSA) is 32.3 Å². The van der Waals surface area contributed by atoms with Crippen molar-refractivity contribution in [2.45, 2.75) is 12.8 Å². The first-order valence-corrected chi connectivity index (χ1v) is 5.88. The Kier molecular flexibility index (Phi) is 4.73. The number of likely N-dealkylation sites (tertiary alicyclic amines) is 1. The Balaban J connectivity index is 2.23. The molecule has 0 saturated carbocycles. The maximum absolute atomic E-state index is 11.4. The molecule has 1 heterocycles. The molecule has 1 aliphatic heterocycles. The Labute approximate surface area is 88.0 Å². The highest BCUT2D eigenvalue weighted by atomic mass is 79.9. The zero-order valence-electron chi connectivity index (χ0n) is 8.05. The lowest BCUT2D eigenvalue weighted by molar-refractivity contribution is -0.127. The van der Waals surface area contributed by atoms with Crippen LogP contribution in [0, 0.1) is 5.92 Å². The molecule has 1 rings (SSSR count). The molecule has 76 valence electrons. The predicted molar refractivity (Wildman–Crippen MR) is 57.0 cm³/mol. The number of alkyl halides is 1. The summed E-state index contributed by atoms with van der Waals surface area (Å²) in [5.41, 5.74) is 0. The first-order chi connectivity index (χ1) is 6.27. The predicted octanol–water partition coefficient (Wildman–Crippen LogP) is 0.839. The normalized spacial score (nSPS) is 22.8. The van der Waals surface area contributed by atoms with Crippen LogP contribution in [0.3, 0.4) is 0 Å². The number of hydrogen-bond acceptors (Lipinski definition) is 2. The molecule has 0 aromatic heterocycles. The number of halogens is 1. The van der Waals surface area contributed by atoms with E-state index in [4.69, 9.17) is 0 Å². The maximum Gasteiger partial charge on any atom is 0.222 e. The molecule has 4 heteroatoms. The number of nitrogens with zero attached hydrogens (tertiary/aromatic N) is 1. The fraction of sp³-hybridized carbons (Fsp3) is 0.889. The zero-order chi connectivity index (χ0) is 9.68. The minimum Gasteiger partial charge on any atom is -0.342 e. The first kappa shape index (κ1) is 11.0. The van der Waals surface area contributed by atoms with E-state index >= 15 is 0 Å². The Morgan fingerprint density at radius 3 is 3.00 bits per heavy atom. The van der Waals surface area contributed by atoms with Gasteiger partial charge in [-0.1, -0.05) is 15.9 Å². The summed E-state index contributed by atoms with van der Waals surface area (Å²) in [6.45, 7) is 2.83. The Morgan fingerprint density at radius 2 is 2.46 bits per heavy atom. The number of nitrogens with one attached hydrogen (secondary N) is 1. The molecule has 1 unspecified atom stereocenters. The summed E-state index contributed by atoms with van der Waals surface area (Å²) in [5.74, 6) is 0.850. The highest BCUT2D eigenvalue weighted by Crippen LogP contribution is 2.19. The third-order valence-corrected chi connectivity index (χ3v) is 3.28. The van der Waals surface area contributed by atoms with Gasteiger partial charge in [0.15, 0.2) is 0 Å². The molecule has 1 amide bonds. The number of hydrogen-bond donors (Lipinski definition) is 1. The summed E-state index contributed by atoms with van der Waals surface area (Å²) >= 11 is 3.42. The van der Waals surface area contributed by atoms with Crippen LogP contribution in [0.25, 0.3) is 0 Å². The second-order valence-electron chi connectivity index (χ2n) is 3.52. The van der Waals surface area contributed by atoms with Gasteiger partial charge >= 0.3 is 0 Å². The number of carbonyl (C=O) groups excluding carboxylic acids is 1. The third-order valence-electron chi connectivity index (χ3n) is 2.37. The molecular weight excluding hydrogens is 232 g/mol. The standard InChI is InChI=1S/C9H17BrN2O/c1-11-3-2-4-12-7-8(6-10)5-9(12)13/h8,11H,2-7H2,1H3. The molecule has 13 heavy (non-hydrogen) atoms. The van der Waals surface area contributed by atoms with Crippen molar-refractivity contribution in [3.8, 4) is 0 Å². The van der Waals surface area contributed by atoms with Gasteiger partial charge in [0.1, 0.15) is 0 Å². The van der Waals surface area contributed by atoms with Crippen molar-refractivity contribution in [3.63, 3.8) is 0 Å². The van der Waals surface area contributed by atoms with Crippen molar-refractivity contribution in [2.24, 2.45) is 5.92 Å². The molecule has 0 aliphatic carbocycles. The average molecular weight is 249 g/mol. The maximum atomic E-state index is 11.4. The first-order valence-electron chi connectivity index (χ1n) is 4.76. The van der Waals surface area contributed by atoms with Gasteiger partial charge in [-0.15, -0.1) is 0 Å². The molecule has 1 N–H and O–H groups in total. The molecule has 0 spiro atoms. The number of amides is 1. The zero-order valence-corrected chi connectivity index (χ0v) is 9.64. The highest BCUT2D eigenvalue weighted by molar-refractivity contribution is 9.09. The third kappa shape index (κ3) is 3.27. The van der Waals surface area contributed by atoms with Gasteiger partial charge in [0.05, 0.1) is 0 Å². The van der Waals surface area contributed by atoms with Crippen molar-refractivity contribution < 1.29 is 4.79 Å². The van der Waals surface area contributed by atoms with Crippen LogP contribution < -0.4 is 5.32 Å². The number of rotatable bonds is 5. The smallest absolute Gasteiger partial charge is 0.222 e. The summed E-state index contributed by atoms with van der Waals surface area (Å²) in [6, 6.07) is 0. The highest BCUT2D eigenvalue weighted by Gasteiger charge is 2.27. The van der Waals surface area contributed by atoms with E-state index in [0.717, 1.165) is 37.8 Å². The van der Waals surface area contributed by atoms with Crippen molar-refractivity contribution in [1.29, 1.82) is 0 Å². The van der Waals surface area contributed by atoms with E-state index < -0.39 is 0 Å². The summed E-state index contributed by atoms with van der Waals surface area (Å²) in [4.78, 5) is 13.4. The van der Waals surface area contributed by atoms with Crippen molar-refractivity contribution in [1.82, 2.24) is 10.2 Å². The van der Waals surface area contributed by atoms with Crippen molar-refractivity contribution >= 4 is 21.8 Å². The summed E-state index contributed by atoms with van der Waals surface area (Å²) < 4.78 is 0. The molecule has 0 radical (unpaired) electrons. The van der Waals surface area contributed by atoms with Gasteiger partial charge in [-0.3, -0.25) is 4.79 Å². The largest absolute Gasteiger partial charge is 0.342 e. The molecule has 0 aromatic rings. The Bertz CT molecular complexity index is 175. The summed E-state index contributed by atoms with van der Waals surface area (Å²) in [7, 11) is 1.94. The minimum absolute atomic E-state index is 0.320. The molecular formula is C9H17BrN2O. The SMILES string of the molecule is CNCCCN1CC(CBr)CC1=O. The molecule has 1 aliphatic rings. The van der Waals surface area contributed by atoms with Gasteiger partial charge in [0.2, 0.25) is 5.91 Å². The lowest BCUT2D eigenvalue weighted by Gasteiger charge is -2.15. The van der Waals surface area contributed by atoms with Crippen LogP contribution in [-0.4, -0.2) is 42.8 Å². The van der Waals surface area contributed by atoms with E-state index in [1.807, 2.05) is 11.9 Å². The van der Waals surface area contributed by atoms with Gasteiger partial charge in [0.25, 0.3) is 0 Å². The van der Waals surface area contributed by atoms with E-state index in [2.05, 4.69) is 21.2 Å². The van der Waals surface area contributed by atoms with Crippen LogP contribution in [0.4, 0.5) is 0 Å². The second-order valence-corrected chi connectivity index (χ2v) is 4.17. The van der Waals surface area contributed by atoms with Crippen molar-refractivity contribution in [3.05, 3.63) is 0 Å². The second kappa shape index (κ2) is 5.60. The lowest BCUT2D eigenvalue weighted by atomic mass is 10.2. The minimum atomic E-state index is 0.320. The Hall–Kier alpha value is -0.0900. The summed E-state index contributed by atoms with van der Waals surface area (Å²) in [5, 5.41) is 4.03. The van der Waals surface area contributed by atoms with Crippen LogP contribution in [0.5, 0.6) is 0 Å². The van der Waals surface area contributed by atoms with Crippen LogP contribution >= 0.6 is 15.9 Å².